The first-order valence-corrected chi connectivity index (χ1v) is 6.87. The molecule has 0 spiro atoms. The highest BCUT2D eigenvalue weighted by molar-refractivity contribution is 7.80. The van der Waals surface area contributed by atoms with Gasteiger partial charge in [-0.15, -0.1) is 12.6 Å². The van der Waals surface area contributed by atoms with Crippen LogP contribution in [-0.2, 0) is 0 Å². The van der Waals surface area contributed by atoms with Gasteiger partial charge in [0.25, 0.3) is 5.91 Å². The van der Waals surface area contributed by atoms with E-state index in [1.807, 2.05) is 0 Å². The summed E-state index contributed by atoms with van der Waals surface area (Å²) in [4.78, 5) is 14.9. The summed E-state index contributed by atoms with van der Waals surface area (Å²) in [6.45, 7) is 1.51. The quantitative estimate of drug-likeness (QED) is 0.814. The standard InChI is InChI=1S/C13H17ClN2OS/c1-16(9-2-3-9)7-6-15-13(17)11-8-10(18)4-5-12(11)14/h4-5,8-9,18H,2-3,6-7H2,1H3,(H,15,17). The van der Waals surface area contributed by atoms with Crippen LogP contribution in [0, 0.1) is 0 Å². The van der Waals surface area contributed by atoms with Crippen LogP contribution in [0.25, 0.3) is 0 Å². The minimum atomic E-state index is -0.139. The molecule has 0 aliphatic heterocycles. The van der Waals surface area contributed by atoms with Gasteiger partial charge < -0.3 is 10.2 Å². The minimum absolute atomic E-state index is 0.139. The van der Waals surface area contributed by atoms with Gasteiger partial charge in [-0.3, -0.25) is 4.79 Å². The SMILES string of the molecule is CN(CCNC(=O)c1cc(S)ccc1Cl)C1CC1. The molecule has 1 N–H and O–H groups in total. The minimum Gasteiger partial charge on any atom is -0.351 e. The summed E-state index contributed by atoms with van der Waals surface area (Å²) < 4.78 is 0. The van der Waals surface area contributed by atoms with Crippen LogP contribution < -0.4 is 5.32 Å². The number of rotatable bonds is 5. The van der Waals surface area contributed by atoms with Gasteiger partial charge in [-0.2, -0.15) is 0 Å². The summed E-state index contributed by atoms with van der Waals surface area (Å²) >= 11 is 10.2. The lowest BCUT2D eigenvalue weighted by Crippen LogP contribution is -2.34. The Hall–Kier alpha value is -0.710. The number of hydrogen-bond acceptors (Lipinski definition) is 3. The summed E-state index contributed by atoms with van der Waals surface area (Å²) in [5.74, 6) is -0.139. The second-order valence-electron chi connectivity index (χ2n) is 4.63. The number of nitrogens with one attached hydrogen (secondary N) is 1. The Labute approximate surface area is 118 Å². The van der Waals surface area contributed by atoms with Crippen LogP contribution in [0.1, 0.15) is 23.2 Å². The van der Waals surface area contributed by atoms with E-state index in [2.05, 4.69) is 29.9 Å². The van der Waals surface area contributed by atoms with E-state index < -0.39 is 0 Å². The molecule has 1 saturated carbocycles. The summed E-state index contributed by atoms with van der Waals surface area (Å²) in [5, 5.41) is 3.34. The Kier molecular flexibility index (Phi) is 4.54. The summed E-state index contributed by atoms with van der Waals surface area (Å²) in [6.07, 6.45) is 2.55. The van der Waals surface area contributed by atoms with E-state index in [1.165, 1.54) is 12.8 Å². The molecular formula is C13H17ClN2OS. The maximum Gasteiger partial charge on any atom is 0.252 e. The van der Waals surface area contributed by atoms with E-state index in [4.69, 9.17) is 11.6 Å². The molecule has 0 unspecified atom stereocenters. The second-order valence-corrected chi connectivity index (χ2v) is 5.56. The number of nitrogens with zero attached hydrogens (tertiary/aromatic N) is 1. The molecule has 0 aromatic heterocycles. The molecule has 0 bridgehead atoms. The van der Waals surface area contributed by atoms with Gasteiger partial charge in [0.15, 0.2) is 0 Å². The molecule has 18 heavy (non-hydrogen) atoms. The number of halogens is 1. The predicted octanol–water partition coefficient (Wildman–Crippen LogP) is 2.45. The molecule has 0 heterocycles. The van der Waals surface area contributed by atoms with Gasteiger partial charge in [-0.05, 0) is 38.1 Å². The molecule has 0 saturated heterocycles. The van der Waals surface area contributed by atoms with Crippen molar-refractivity contribution in [1.82, 2.24) is 10.2 Å². The van der Waals surface area contributed by atoms with Crippen LogP contribution in [0.4, 0.5) is 0 Å². The number of benzene rings is 1. The number of carbonyl (C=O) groups excluding carboxylic acids is 1. The zero-order valence-corrected chi connectivity index (χ0v) is 12.0. The van der Waals surface area contributed by atoms with Crippen LogP contribution in [0.2, 0.25) is 5.02 Å². The van der Waals surface area contributed by atoms with E-state index >= 15 is 0 Å². The lowest BCUT2D eigenvalue weighted by atomic mass is 10.2. The molecule has 2 rings (SSSR count). The third kappa shape index (κ3) is 3.64. The Balaban J connectivity index is 1.85. The average Bonchev–Trinajstić information content (AvgIpc) is 3.16. The molecule has 1 aromatic carbocycles. The van der Waals surface area contributed by atoms with Crippen LogP contribution in [0.15, 0.2) is 23.1 Å². The smallest absolute Gasteiger partial charge is 0.252 e. The van der Waals surface area contributed by atoms with Crippen LogP contribution in [0.5, 0.6) is 0 Å². The van der Waals surface area contributed by atoms with Crippen LogP contribution in [0.3, 0.4) is 0 Å². The van der Waals surface area contributed by atoms with Gasteiger partial charge in [0.2, 0.25) is 0 Å². The maximum absolute atomic E-state index is 11.9. The maximum atomic E-state index is 11.9. The molecule has 1 fully saturated rings. The van der Waals surface area contributed by atoms with Gasteiger partial charge in [-0.25, -0.2) is 0 Å². The molecule has 0 atom stereocenters. The summed E-state index contributed by atoms with van der Waals surface area (Å²) in [7, 11) is 2.09. The third-order valence-electron chi connectivity index (χ3n) is 3.11. The number of carbonyl (C=O) groups is 1. The fourth-order valence-corrected chi connectivity index (χ4v) is 2.23. The van der Waals surface area contributed by atoms with Crippen molar-refractivity contribution in [3.8, 4) is 0 Å². The van der Waals surface area contributed by atoms with E-state index in [0.29, 0.717) is 23.2 Å². The molecule has 1 aliphatic rings. The lowest BCUT2D eigenvalue weighted by molar-refractivity contribution is 0.0949. The van der Waals surface area contributed by atoms with Crippen molar-refractivity contribution in [3.63, 3.8) is 0 Å². The van der Waals surface area contributed by atoms with Crippen molar-refractivity contribution in [2.45, 2.75) is 23.8 Å². The normalized spacial score (nSPS) is 14.9. The van der Waals surface area contributed by atoms with Crippen molar-refractivity contribution in [2.24, 2.45) is 0 Å². The zero-order valence-electron chi connectivity index (χ0n) is 10.3. The summed E-state index contributed by atoms with van der Waals surface area (Å²) in [6, 6.07) is 5.86. The van der Waals surface area contributed by atoms with Gasteiger partial charge in [0, 0.05) is 24.0 Å². The molecule has 1 amide bonds. The zero-order chi connectivity index (χ0) is 13.1. The Morgan fingerprint density at radius 3 is 2.94 bits per heavy atom. The number of likely N-dealkylation sites (N-methyl/N-ethyl adjacent to an activating group) is 1. The first kappa shape index (κ1) is 13.7. The van der Waals surface area contributed by atoms with E-state index in [0.717, 1.165) is 11.4 Å². The number of hydrogen-bond donors (Lipinski definition) is 2. The number of amides is 1. The van der Waals surface area contributed by atoms with Crippen molar-refractivity contribution in [2.75, 3.05) is 20.1 Å². The van der Waals surface area contributed by atoms with Gasteiger partial charge >= 0.3 is 0 Å². The third-order valence-corrected chi connectivity index (χ3v) is 3.72. The highest BCUT2D eigenvalue weighted by Crippen LogP contribution is 2.24. The van der Waals surface area contributed by atoms with Gasteiger partial charge in [0.1, 0.15) is 0 Å². The molecule has 98 valence electrons. The lowest BCUT2D eigenvalue weighted by Gasteiger charge is -2.15. The molecular weight excluding hydrogens is 268 g/mol. The summed E-state index contributed by atoms with van der Waals surface area (Å²) in [5.41, 5.74) is 0.484. The van der Waals surface area contributed by atoms with Crippen molar-refractivity contribution in [1.29, 1.82) is 0 Å². The van der Waals surface area contributed by atoms with Crippen molar-refractivity contribution >= 4 is 30.1 Å². The fraction of sp³-hybridized carbons (Fsp3) is 0.462. The first-order chi connectivity index (χ1) is 8.58. The number of thiol groups is 1. The van der Waals surface area contributed by atoms with E-state index in [1.54, 1.807) is 18.2 Å². The van der Waals surface area contributed by atoms with Crippen LogP contribution in [-0.4, -0.2) is 37.0 Å². The first-order valence-electron chi connectivity index (χ1n) is 6.05. The average molecular weight is 285 g/mol. The molecule has 0 radical (unpaired) electrons. The van der Waals surface area contributed by atoms with E-state index in [9.17, 15) is 4.79 Å². The molecule has 5 heteroatoms. The van der Waals surface area contributed by atoms with Crippen molar-refractivity contribution < 1.29 is 4.79 Å². The fourth-order valence-electron chi connectivity index (χ4n) is 1.83. The van der Waals surface area contributed by atoms with Crippen molar-refractivity contribution in [3.05, 3.63) is 28.8 Å². The predicted molar refractivity (Wildman–Crippen MR) is 76.7 cm³/mol. The monoisotopic (exact) mass is 284 g/mol. The van der Waals surface area contributed by atoms with Crippen LogP contribution >= 0.6 is 24.2 Å². The highest BCUT2D eigenvalue weighted by Gasteiger charge is 2.25. The van der Waals surface area contributed by atoms with Gasteiger partial charge in [0.05, 0.1) is 10.6 Å². The Bertz CT molecular complexity index is 449. The topological polar surface area (TPSA) is 32.3 Å². The van der Waals surface area contributed by atoms with Gasteiger partial charge in [-0.1, -0.05) is 11.6 Å². The molecule has 1 aliphatic carbocycles. The molecule has 1 aromatic rings. The molecule has 3 nitrogen and oxygen atoms in total. The second kappa shape index (κ2) is 5.95. The Morgan fingerprint density at radius 1 is 1.56 bits per heavy atom. The Morgan fingerprint density at radius 2 is 2.28 bits per heavy atom. The highest BCUT2D eigenvalue weighted by atomic mass is 35.5. The van der Waals surface area contributed by atoms with E-state index in [-0.39, 0.29) is 5.91 Å². The largest absolute Gasteiger partial charge is 0.351 e.